The molecule has 0 unspecified atom stereocenters. The Morgan fingerprint density at radius 2 is 1.53 bits per heavy atom. The quantitative estimate of drug-likeness (QED) is 0.531. The highest BCUT2D eigenvalue weighted by Gasteiger charge is 2.70. The van der Waals surface area contributed by atoms with Crippen LogP contribution in [0.3, 0.4) is 0 Å². The van der Waals surface area contributed by atoms with Crippen LogP contribution in [0.15, 0.2) is 78.9 Å². The second kappa shape index (κ2) is 8.71. The summed E-state index contributed by atoms with van der Waals surface area (Å²) in [5.41, 5.74) is 3.47. The monoisotopic (exact) mass is 479 g/mol. The first kappa shape index (κ1) is 22.7. The Morgan fingerprint density at radius 3 is 2.22 bits per heavy atom. The Morgan fingerprint density at radius 1 is 0.833 bits per heavy atom. The Labute approximate surface area is 210 Å². The zero-order chi connectivity index (χ0) is 24.9. The van der Waals surface area contributed by atoms with Crippen molar-refractivity contribution in [2.75, 3.05) is 11.9 Å². The summed E-state index contributed by atoms with van der Waals surface area (Å²) >= 11 is 0. The van der Waals surface area contributed by atoms with E-state index >= 15 is 0 Å². The molecule has 36 heavy (non-hydrogen) atoms. The third-order valence-electron chi connectivity index (χ3n) is 8.04. The predicted molar refractivity (Wildman–Crippen MR) is 137 cm³/mol. The van der Waals surface area contributed by atoms with Gasteiger partial charge in [-0.15, -0.1) is 0 Å². The fraction of sp³-hybridized carbons (Fsp3) is 0.300. The van der Waals surface area contributed by atoms with Gasteiger partial charge in [0.15, 0.2) is 0 Å². The summed E-state index contributed by atoms with van der Waals surface area (Å²) in [6.45, 7) is 2.38. The van der Waals surface area contributed by atoms with Crippen LogP contribution in [0.1, 0.15) is 29.2 Å². The van der Waals surface area contributed by atoms with Crippen LogP contribution in [-0.4, -0.2) is 35.2 Å². The molecular formula is C30H29N3O3. The molecule has 3 amide bonds. The van der Waals surface area contributed by atoms with Crippen molar-refractivity contribution in [1.29, 1.82) is 0 Å². The van der Waals surface area contributed by atoms with Gasteiger partial charge in [0.2, 0.25) is 17.7 Å². The van der Waals surface area contributed by atoms with E-state index in [1.807, 2.05) is 78.9 Å². The first-order valence-corrected chi connectivity index (χ1v) is 12.7. The molecule has 4 atom stereocenters. The molecule has 3 heterocycles. The summed E-state index contributed by atoms with van der Waals surface area (Å²) in [7, 11) is 0. The fourth-order valence-corrected chi connectivity index (χ4v) is 6.28. The number of fused-ring (bicyclic) bond motifs is 4. The maximum atomic E-state index is 14.0. The number of rotatable bonds is 6. The van der Waals surface area contributed by atoms with Crippen LogP contribution in [0.25, 0.3) is 0 Å². The van der Waals surface area contributed by atoms with Crippen molar-refractivity contribution < 1.29 is 14.4 Å². The van der Waals surface area contributed by atoms with Crippen LogP contribution < -0.4 is 10.6 Å². The molecule has 6 nitrogen and oxygen atoms in total. The molecule has 0 bridgehead atoms. The molecule has 3 aliphatic heterocycles. The molecule has 6 heteroatoms. The van der Waals surface area contributed by atoms with Crippen LogP contribution >= 0.6 is 0 Å². The van der Waals surface area contributed by atoms with E-state index in [0.29, 0.717) is 25.1 Å². The van der Waals surface area contributed by atoms with E-state index in [9.17, 15) is 14.4 Å². The van der Waals surface area contributed by atoms with Crippen molar-refractivity contribution in [2.45, 2.75) is 37.8 Å². The van der Waals surface area contributed by atoms with E-state index in [4.69, 9.17) is 0 Å². The fourth-order valence-electron chi connectivity index (χ4n) is 6.28. The Bertz CT molecular complexity index is 1340. The van der Waals surface area contributed by atoms with Crippen molar-refractivity contribution >= 4 is 23.4 Å². The predicted octanol–water partition coefficient (Wildman–Crippen LogP) is 3.45. The largest absolute Gasteiger partial charge is 0.324 e. The van der Waals surface area contributed by atoms with Crippen LogP contribution in [0.5, 0.6) is 0 Å². The second-order valence-corrected chi connectivity index (χ2v) is 10.0. The highest BCUT2D eigenvalue weighted by atomic mass is 16.2. The lowest BCUT2D eigenvalue weighted by Crippen LogP contribution is -2.53. The Hall–Kier alpha value is -3.77. The van der Waals surface area contributed by atoms with Gasteiger partial charge in [-0.3, -0.25) is 24.6 Å². The summed E-state index contributed by atoms with van der Waals surface area (Å²) in [4.78, 5) is 42.9. The van der Waals surface area contributed by atoms with Crippen molar-refractivity contribution in [1.82, 2.24) is 10.2 Å². The number of likely N-dealkylation sites (tertiary alicyclic amines) is 1. The Balaban J connectivity index is 1.41. The lowest BCUT2D eigenvalue weighted by atomic mass is 9.76. The van der Waals surface area contributed by atoms with Crippen LogP contribution in [0, 0.1) is 11.8 Å². The third-order valence-corrected chi connectivity index (χ3v) is 8.04. The van der Waals surface area contributed by atoms with Gasteiger partial charge in [-0.25, -0.2) is 0 Å². The third kappa shape index (κ3) is 3.39. The summed E-state index contributed by atoms with van der Waals surface area (Å²) in [5.74, 6) is -2.06. The zero-order valence-electron chi connectivity index (χ0n) is 20.2. The maximum absolute atomic E-state index is 14.0. The van der Waals surface area contributed by atoms with Gasteiger partial charge < -0.3 is 5.32 Å². The molecule has 3 aliphatic rings. The van der Waals surface area contributed by atoms with Gasteiger partial charge in [-0.2, -0.15) is 0 Å². The van der Waals surface area contributed by atoms with E-state index in [0.717, 1.165) is 28.7 Å². The molecule has 0 radical (unpaired) electrons. The number of anilines is 1. The molecule has 0 aromatic heterocycles. The minimum Gasteiger partial charge on any atom is -0.324 e. The topological polar surface area (TPSA) is 78.5 Å². The average molecular weight is 480 g/mol. The second-order valence-electron chi connectivity index (χ2n) is 10.0. The molecule has 0 aliphatic carbocycles. The highest BCUT2D eigenvalue weighted by Crippen LogP contribution is 2.53. The highest BCUT2D eigenvalue weighted by molar-refractivity contribution is 6.15. The molecule has 6 rings (SSSR count). The number of carbonyl (C=O) groups is 3. The summed E-state index contributed by atoms with van der Waals surface area (Å²) in [5, 5.41) is 6.55. The molecule has 1 spiro atoms. The van der Waals surface area contributed by atoms with E-state index in [1.165, 1.54) is 4.90 Å². The van der Waals surface area contributed by atoms with Gasteiger partial charge in [0, 0.05) is 23.8 Å². The average Bonchev–Trinajstić information content (AvgIpc) is 3.48. The van der Waals surface area contributed by atoms with Crippen molar-refractivity contribution in [2.24, 2.45) is 11.8 Å². The number of nitrogens with one attached hydrogen (secondary N) is 2. The lowest BCUT2D eigenvalue weighted by molar-refractivity contribution is -0.142. The standard InChI is InChI=1S/C30H29N3O3/c1-2-19-13-14-23-22(17-19)30(29(36)31-23)26-25(24(32-30)18-21-11-7-4-8-12-21)27(34)33(28(26)35)16-15-20-9-5-3-6-10-20/h3-14,17,24-26,32H,2,15-16,18H2,1H3,(H,31,36)/t24-,25-,26+,30+/m1/s1. The molecule has 3 aromatic rings. The maximum Gasteiger partial charge on any atom is 0.250 e. The van der Waals surface area contributed by atoms with Gasteiger partial charge in [-0.1, -0.05) is 79.7 Å². The molecule has 2 N–H and O–H groups in total. The lowest BCUT2D eigenvalue weighted by Gasteiger charge is -2.30. The van der Waals surface area contributed by atoms with E-state index in [1.54, 1.807) is 0 Å². The molecular weight excluding hydrogens is 450 g/mol. The smallest absolute Gasteiger partial charge is 0.250 e. The van der Waals surface area contributed by atoms with E-state index in [2.05, 4.69) is 17.6 Å². The number of amides is 3. The molecule has 3 aromatic carbocycles. The number of nitrogens with zero attached hydrogens (tertiary/aromatic N) is 1. The number of carbonyl (C=O) groups excluding carboxylic acids is 3. The van der Waals surface area contributed by atoms with Gasteiger partial charge in [0.25, 0.3) is 0 Å². The van der Waals surface area contributed by atoms with Crippen LogP contribution in [-0.2, 0) is 39.2 Å². The number of hydrogen-bond acceptors (Lipinski definition) is 4. The number of benzene rings is 3. The van der Waals surface area contributed by atoms with Crippen LogP contribution in [0.4, 0.5) is 5.69 Å². The SMILES string of the molecule is CCc1ccc2c(c1)[C@@]1(N[C@H](Cc3ccccc3)[C@H]3C(=O)N(CCc4ccccc4)C(=O)[C@H]31)C(=O)N2. The molecule has 0 saturated carbocycles. The minimum absolute atomic E-state index is 0.181. The Kier molecular flexibility index (Phi) is 5.49. The van der Waals surface area contributed by atoms with Gasteiger partial charge in [-0.05, 0) is 42.0 Å². The normalized spacial score (nSPS) is 26.4. The molecule has 2 saturated heterocycles. The van der Waals surface area contributed by atoms with E-state index < -0.39 is 17.4 Å². The number of imide groups is 1. The number of aryl methyl sites for hydroxylation is 1. The minimum atomic E-state index is -1.25. The molecule has 182 valence electrons. The summed E-state index contributed by atoms with van der Waals surface area (Å²) in [6, 6.07) is 25.4. The molecule has 2 fully saturated rings. The van der Waals surface area contributed by atoms with Crippen LogP contribution in [0.2, 0.25) is 0 Å². The first-order chi connectivity index (χ1) is 17.5. The van der Waals surface area contributed by atoms with Gasteiger partial charge >= 0.3 is 0 Å². The zero-order valence-corrected chi connectivity index (χ0v) is 20.2. The van der Waals surface area contributed by atoms with Crippen molar-refractivity contribution in [3.63, 3.8) is 0 Å². The van der Waals surface area contributed by atoms with Gasteiger partial charge in [0.1, 0.15) is 5.54 Å². The van der Waals surface area contributed by atoms with E-state index in [-0.39, 0.29) is 23.8 Å². The summed E-state index contributed by atoms with van der Waals surface area (Å²) < 4.78 is 0. The first-order valence-electron chi connectivity index (χ1n) is 12.7. The number of hydrogen-bond donors (Lipinski definition) is 2. The van der Waals surface area contributed by atoms with Gasteiger partial charge in [0.05, 0.1) is 11.8 Å². The summed E-state index contributed by atoms with van der Waals surface area (Å²) in [6.07, 6.45) is 1.96. The van der Waals surface area contributed by atoms with Crippen molar-refractivity contribution in [3.05, 3.63) is 101 Å². The van der Waals surface area contributed by atoms with Crippen molar-refractivity contribution in [3.8, 4) is 0 Å².